The summed E-state index contributed by atoms with van der Waals surface area (Å²) in [4.78, 5) is 12.7. The van der Waals surface area contributed by atoms with E-state index >= 15 is 0 Å². The van der Waals surface area contributed by atoms with Crippen LogP contribution in [0.4, 0.5) is 0 Å². The van der Waals surface area contributed by atoms with E-state index in [0.29, 0.717) is 11.3 Å². The Bertz CT molecular complexity index is 874. The molecule has 6 heteroatoms. The fourth-order valence-electron chi connectivity index (χ4n) is 2.57. The number of nitrogens with zero attached hydrogens (tertiary/aromatic N) is 1. The highest BCUT2D eigenvalue weighted by Gasteiger charge is 2.18. The van der Waals surface area contributed by atoms with Crippen LogP contribution >= 0.6 is 15.9 Å². The van der Waals surface area contributed by atoms with Crippen LogP contribution in [0.2, 0.25) is 0 Å². The van der Waals surface area contributed by atoms with Crippen LogP contribution in [-0.4, -0.2) is 23.2 Å². The third-order valence-electron chi connectivity index (χ3n) is 3.96. The Morgan fingerprint density at radius 3 is 2.68 bits per heavy atom. The summed E-state index contributed by atoms with van der Waals surface area (Å²) in [7, 11) is 1.63. The Hall–Kier alpha value is -2.60. The molecule has 0 unspecified atom stereocenters. The summed E-state index contributed by atoms with van der Waals surface area (Å²) in [6.07, 6.45) is 1.55. The lowest BCUT2D eigenvalue weighted by atomic mass is 10.1. The molecular formula is C19H18BrN3O2. The molecule has 0 radical (unpaired) electrons. The molecule has 1 aromatic heterocycles. The van der Waals surface area contributed by atoms with E-state index in [-0.39, 0.29) is 11.9 Å². The second kappa shape index (κ2) is 7.53. The van der Waals surface area contributed by atoms with Crippen molar-refractivity contribution in [2.75, 3.05) is 7.11 Å². The summed E-state index contributed by atoms with van der Waals surface area (Å²) < 4.78 is 6.10. The van der Waals surface area contributed by atoms with Crippen LogP contribution in [0, 0.1) is 0 Å². The van der Waals surface area contributed by atoms with Gasteiger partial charge in [0.25, 0.3) is 5.91 Å². The Morgan fingerprint density at radius 1 is 1.24 bits per heavy atom. The standard InChI is InChI=1S/C19H18BrN3O2/c1-12(13-6-8-16(25-2)9-7-13)22-19(24)17-11-21-23-18(17)14-4-3-5-15(20)10-14/h3-12H,1-2H3,(H,21,23)(H,22,24)/t12-/m0/s1. The number of aromatic nitrogens is 2. The van der Waals surface area contributed by atoms with Gasteiger partial charge in [-0.05, 0) is 36.8 Å². The average molecular weight is 400 g/mol. The van der Waals surface area contributed by atoms with Crippen LogP contribution in [-0.2, 0) is 0 Å². The number of amides is 1. The summed E-state index contributed by atoms with van der Waals surface area (Å²) in [5.41, 5.74) is 3.11. The molecule has 0 fully saturated rings. The second-order valence-corrected chi connectivity index (χ2v) is 6.55. The quantitative estimate of drug-likeness (QED) is 0.670. The maximum Gasteiger partial charge on any atom is 0.255 e. The van der Waals surface area contributed by atoms with Crippen LogP contribution in [0.5, 0.6) is 5.75 Å². The van der Waals surface area contributed by atoms with Crippen molar-refractivity contribution in [3.05, 3.63) is 70.3 Å². The molecular weight excluding hydrogens is 382 g/mol. The van der Waals surface area contributed by atoms with E-state index in [4.69, 9.17) is 4.74 Å². The summed E-state index contributed by atoms with van der Waals surface area (Å²) in [6.45, 7) is 1.94. The maximum atomic E-state index is 12.7. The van der Waals surface area contributed by atoms with Gasteiger partial charge < -0.3 is 10.1 Å². The number of aromatic amines is 1. The number of nitrogens with one attached hydrogen (secondary N) is 2. The molecule has 0 bridgehead atoms. The molecule has 2 aromatic carbocycles. The van der Waals surface area contributed by atoms with Crippen molar-refractivity contribution in [1.82, 2.24) is 15.5 Å². The van der Waals surface area contributed by atoms with E-state index in [9.17, 15) is 4.79 Å². The third-order valence-corrected chi connectivity index (χ3v) is 4.45. The number of H-pyrrole nitrogens is 1. The molecule has 0 aliphatic heterocycles. The zero-order chi connectivity index (χ0) is 17.8. The van der Waals surface area contributed by atoms with E-state index in [1.54, 1.807) is 13.3 Å². The molecule has 3 aromatic rings. The predicted octanol–water partition coefficient (Wildman–Crippen LogP) is 4.34. The third kappa shape index (κ3) is 3.91. The molecule has 2 N–H and O–H groups in total. The van der Waals surface area contributed by atoms with Gasteiger partial charge in [-0.3, -0.25) is 9.89 Å². The van der Waals surface area contributed by atoms with Crippen LogP contribution in [0.3, 0.4) is 0 Å². The number of ether oxygens (including phenoxy) is 1. The summed E-state index contributed by atoms with van der Waals surface area (Å²) >= 11 is 3.45. The van der Waals surface area contributed by atoms with Gasteiger partial charge in [0.1, 0.15) is 5.75 Å². The molecule has 3 rings (SSSR count). The first kappa shape index (κ1) is 17.2. The fourth-order valence-corrected chi connectivity index (χ4v) is 2.97. The number of hydrogen-bond acceptors (Lipinski definition) is 3. The summed E-state index contributed by atoms with van der Waals surface area (Å²) in [5, 5.41) is 9.95. The predicted molar refractivity (Wildman–Crippen MR) is 101 cm³/mol. The first-order valence-corrected chi connectivity index (χ1v) is 8.62. The first-order valence-electron chi connectivity index (χ1n) is 7.82. The highest BCUT2D eigenvalue weighted by Crippen LogP contribution is 2.25. The number of rotatable bonds is 5. The lowest BCUT2D eigenvalue weighted by Gasteiger charge is -2.15. The van der Waals surface area contributed by atoms with Gasteiger partial charge in [0.2, 0.25) is 0 Å². The first-order chi connectivity index (χ1) is 12.1. The van der Waals surface area contributed by atoms with Crippen LogP contribution in [0.15, 0.2) is 59.2 Å². The van der Waals surface area contributed by atoms with Gasteiger partial charge in [-0.25, -0.2) is 0 Å². The minimum atomic E-state index is -0.174. The molecule has 0 saturated carbocycles. The highest BCUT2D eigenvalue weighted by molar-refractivity contribution is 9.10. The largest absolute Gasteiger partial charge is 0.497 e. The second-order valence-electron chi connectivity index (χ2n) is 5.64. The lowest BCUT2D eigenvalue weighted by Crippen LogP contribution is -2.26. The number of hydrogen-bond donors (Lipinski definition) is 2. The zero-order valence-electron chi connectivity index (χ0n) is 13.9. The van der Waals surface area contributed by atoms with E-state index < -0.39 is 0 Å². The number of benzene rings is 2. The minimum Gasteiger partial charge on any atom is -0.497 e. The molecule has 1 heterocycles. The molecule has 1 amide bonds. The van der Waals surface area contributed by atoms with Crippen molar-refractivity contribution in [2.45, 2.75) is 13.0 Å². The van der Waals surface area contributed by atoms with E-state index in [0.717, 1.165) is 21.3 Å². The number of carbonyl (C=O) groups excluding carboxylic acids is 1. The number of carbonyl (C=O) groups is 1. The Labute approximate surface area is 154 Å². The number of halogens is 1. The molecule has 0 spiro atoms. The van der Waals surface area contributed by atoms with Crippen LogP contribution < -0.4 is 10.1 Å². The summed E-state index contributed by atoms with van der Waals surface area (Å²) in [5.74, 6) is 0.612. The molecule has 25 heavy (non-hydrogen) atoms. The maximum absolute atomic E-state index is 12.7. The van der Waals surface area contributed by atoms with Gasteiger partial charge in [-0.2, -0.15) is 5.10 Å². The minimum absolute atomic E-state index is 0.135. The van der Waals surface area contributed by atoms with Crippen molar-refractivity contribution >= 4 is 21.8 Å². The molecule has 1 atom stereocenters. The molecule has 0 aliphatic carbocycles. The van der Waals surface area contributed by atoms with Gasteiger partial charge >= 0.3 is 0 Å². The highest BCUT2D eigenvalue weighted by atomic mass is 79.9. The van der Waals surface area contributed by atoms with Crippen molar-refractivity contribution in [3.8, 4) is 17.0 Å². The SMILES string of the molecule is COc1ccc([C@H](C)NC(=O)c2cn[nH]c2-c2cccc(Br)c2)cc1. The van der Waals surface area contributed by atoms with E-state index in [1.165, 1.54) is 0 Å². The average Bonchev–Trinajstić information content (AvgIpc) is 3.11. The monoisotopic (exact) mass is 399 g/mol. The van der Waals surface area contributed by atoms with Crippen molar-refractivity contribution < 1.29 is 9.53 Å². The Morgan fingerprint density at radius 2 is 2.00 bits per heavy atom. The van der Waals surface area contributed by atoms with Gasteiger partial charge in [0.05, 0.1) is 30.6 Å². The number of methoxy groups -OCH3 is 1. The molecule has 128 valence electrons. The molecule has 5 nitrogen and oxygen atoms in total. The van der Waals surface area contributed by atoms with Crippen LogP contribution in [0.25, 0.3) is 11.3 Å². The van der Waals surface area contributed by atoms with E-state index in [1.807, 2.05) is 55.5 Å². The molecule has 0 aliphatic rings. The van der Waals surface area contributed by atoms with Gasteiger partial charge in [-0.15, -0.1) is 0 Å². The van der Waals surface area contributed by atoms with Gasteiger partial charge in [0, 0.05) is 10.0 Å². The Balaban J connectivity index is 1.78. The molecule has 0 saturated heterocycles. The lowest BCUT2D eigenvalue weighted by molar-refractivity contribution is 0.0940. The Kier molecular flexibility index (Phi) is 5.19. The fraction of sp³-hybridized carbons (Fsp3) is 0.158. The topological polar surface area (TPSA) is 67.0 Å². The van der Waals surface area contributed by atoms with Gasteiger partial charge in [0.15, 0.2) is 0 Å². The van der Waals surface area contributed by atoms with Crippen LogP contribution in [0.1, 0.15) is 28.9 Å². The van der Waals surface area contributed by atoms with Gasteiger partial charge in [-0.1, -0.05) is 40.2 Å². The van der Waals surface area contributed by atoms with E-state index in [2.05, 4.69) is 31.4 Å². The smallest absolute Gasteiger partial charge is 0.255 e. The normalized spacial score (nSPS) is 11.8. The van der Waals surface area contributed by atoms with Crippen molar-refractivity contribution in [2.24, 2.45) is 0 Å². The van der Waals surface area contributed by atoms with Crippen molar-refractivity contribution in [1.29, 1.82) is 0 Å². The zero-order valence-corrected chi connectivity index (χ0v) is 15.5. The summed E-state index contributed by atoms with van der Waals surface area (Å²) in [6, 6.07) is 15.2. The van der Waals surface area contributed by atoms with Crippen molar-refractivity contribution in [3.63, 3.8) is 0 Å².